The van der Waals surface area contributed by atoms with Gasteiger partial charge in [-0.15, -0.1) is 0 Å². The Labute approximate surface area is 210 Å². The Morgan fingerprint density at radius 3 is 2.54 bits per heavy atom. The number of rotatable bonds is 9. The second-order valence-corrected chi connectivity index (χ2v) is 9.75. The van der Waals surface area contributed by atoms with Crippen LogP contribution in [-0.4, -0.2) is 60.2 Å². The molecule has 1 fully saturated rings. The van der Waals surface area contributed by atoms with Gasteiger partial charge in [0.05, 0.1) is 18.9 Å². The van der Waals surface area contributed by atoms with E-state index in [2.05, 4.69) is 9.47 Å². The number of carbonyl (C=O) groups is 1. The normalized spacial score (nSPS) is 14.1. The van der Waals surface area contributed by atoms with Gasteiger partial charge in [0, 0.05) is 51.5 Å². The van der Waals surface area contributed by atoms with Crippen molar-refractivity contribution in [3.05, 3.63) is 85.5 Å². The van der Waals surface area contributed by atoms with Gasteiger partial charge in [-0.2, -0.15) is 11.3 Å². The molecule has 1 aliphatic heterocycles. The molecule has 0 N–H and O–H groups in total. The fourth-order valence-corrected chi connectivity index (χ4v) is 4.95. The maximum absolute atomic E-state index is 13.6. The van der Waals surface area contributed by atoms with Crippen LogP contribution in [0.5, 0.6) is 5.75 Å². The summed E-state index contributed by atoms with van der Waals surface area (Å²) in [5.41, 5.74) is 3.54. The van der Waals surface area contributed by atoms with E-state index in [4.69, 9.17) is 9.47 Å². The van der Waals surface area contributed by atoms with Crippen LogP contribution in [0, 0.1) is 13.8 Å². The van der Waals surface area contributed by atoms with Gasteiger partial charge < -0.3 is 18.9 Å². The van der Waals surface area contributed by atoms with E-state index in [1.165, 1.54) is 0 Å². The zero-order valence-electron chi connectivity index (χ0n) is 20.7. The molecule has 1 aromatic carbocycles. The average molecular weight is 496 g/mol. The minimum absolute atomic E-state index is 0.135. The van der Waals surface area contributed by atoms with E-state index < -0.39 is 0 Å². The molecule has 8 heteroatoms. The van der Waals surface area contributed by atoms with Crippen molar-refractivity contribution in [2.75, 3.05) is 39.9 Å². The third-order valence-electron chi connectivity index (χ3n) is 6.33. The lowest BCUT2D eigenvalue weighted by molar-refractivity contribution is 0.0361. The van der Waals surface area contributed by atoms with E-state index in [0.717, 1.165) is 49.7 Å². The first-order valence-corrected chi connectivity index (χ1v) is 12.9. The highest BCUT2D eigenvalue weighted by Crippen LogP contribution is 2.19. The van der Waals surface area contributed by atoms with Crippen molar-refractivity contribution in [2.45, 2.75) is 33.5 Å². The summed E-state index contributed by atoms with van der Waals surface area (Å²) in [6.45, 7) is 9.20. The average Bonchev–Trinajstić information content (AvgIpc) is 3.36. The Balaban J connectivity index is 1.65. The molecule has 1 saturated heterocycles. The Kier molecular flexibility index (Phi) is 8.38. The van der Waals surface area contributed by atoms with E-state index >= 15 is 0 Å². The fraction of sp³-hybridized carbons (Fsp3) is 0.407. The lowest BCUT2D eigenvalue weighted by Gasteiger charge is -2.28. The molecule has 186 valence electrons. The van der Waals surface area contributed by atoms with Crippen LogP contribution in [0.2, 0.25) is 0 Å². The molecule has 3 heterocycles. The van der Waals surface area contributed by atoms with Gasteiger partial charge in [-0.25, -0.2) is 0 Å². The SMILES string of the molecule is Cc1ccc(OCc2c(C(=O)N(C)Cc3ccsc3)c(=O)cc(C)n2CCN2CCOCC2)cc1. The van der Waals surface area contributed by atoms with Gasteiger partial charge in [-0.3, -0.25) is 14.5 Å². The van der Waals surface area contributed by atoms with Gasteiger partial charge in [0.15, 0.2) is 5.43 Å². The zero-order chi connectivity index (χ0) is 24.8. The van der Waals surface area contributed by atoms with E-state index in [-0.39, 0.29) is 23.5 Å². The molecule has 1 amide bonds. The van der Waals surface area contributed by atoms with Crippen molar-refractivity contribution in [2.24, 2.45) is 0 Å². The van der Waals surface area contributed by atoms with Crippen molar-refractivity contribution >= 4 is 17.2 Å². The first-order valence-electron chi connectivity index (χ1n) is 11.9. The fourth-order valence-electron chi connectivity index (χ4n) is 4.29. The van der Waals surface area contributed by atoms with E-state index in [1.54, 1.807) is 29.4 Å². The summed E-state index contributed by atoms with van der Waals surface area (Å²) in [5.74, 6) is 0.415. The third kappa shape index (κ3) is 6.39. The summed E-state index contributed by atoms with van der Waals surface area (Å²) in [5, 5.41) is 4.00. The number of carbonyl (C=O) groups excluding carboxylic acids is 1. The monoisotopic (exact) mass is 495 g/mol. The zero-order valence-corrected chi connectivity index (χ0v) is 21.5. The van der Waals surface area contributed by atoms with Crippen LogP contribution < -0.4 is 10.2 Å². The number of aromatic nitrogens is 1. The lowest BCUT2D eigenvalue weighted by atomic mass is 10.1. The first-order chi connectivity index (χ1) is 16.9. The molecule has 35 heavy (non-hydrogen) atoms. The Bertz CT molecular complexity index is 1180. The number of morpholine rings is 1. The summed E-state index contributed by atoms with van der Waals surface area (Å²) >= 11 is 1.59. The molecule has 1 aliphatic rings. The van der Waals surface area contributed by atoms with Crippen molar-refractivity contribution in [1.29, 1.82) is 0 Å². The van der Waals surface area contributed by atoms with Crippen molar-refractivity contribution < 1.29 is 14.3 Å². The molecule has 7 nitrogen and oxygen atoms in total. The molecule has 0 radical (unpaired) electrons. The quantitative estimate of drug-likeness (QED) is 0.453. The van der Waals surface area contributed by atoms with Crippen LogP contribution in [0.1, 0.15) is 32.9 Å². The van der Waals surface area contributed by atoms with E-state index in [0.29, 0.717) is 24.5 Å². The highest BCUT2D eigenvalue weighted by Gasteiger charge is 2.24. The second kappa shape index (κ2) is 11.7. The molecule has 0 spiro atoms. The van der Waals surface area contributed by atoms with Gasteiger partial charge in [0.2, 0.25) is 0 Å². The summed E-state index contributed by atoms with van der Waals surface area (Å²) in [6, 6.07) is 11.3. The van der Waals surface area contributed by atoms with Crippen LogP contribution in [0.3, 0.4) is 0 Å². The summed E-state index contributed by atoms with van der Waals surface area (Å²) in [4.78, 5) is 30.7. The standard InChI is InChI=1S/C27H33N3O4S/c1-20-4-6-23(7-5-20)34-18-24-26(27(32)28(3)17-22-8-15-35-19-22)25(31)16-21(2)30(24)10-9-29-11-13-33-14-12-29/h4-8,15-16,19H,9-14,17-18H2,1-3H3. The van der Waals surface area contributed by atoms with Crippen LogP contribution in [0.4, 0.5) is 0 Å². The number of benzene rings is 1. The Morgan fingerprint density at radius 1 is 1.11 bits per heavy atom. The van der Waals surface area contributed by atoms with Gasteiger partial charge in [0.1, 0.15) is 17.9 Å². The molecule has 4 rings (SSSR count). The van der Waals surface area contributed by atoms with E-state index in [9.17, 15) is 9.59 Å². The Morgan fingerprint density at radius 2 is 1.86 bits per heavy atom. The van der Waals surface area contributed by atoms with Gasteiger partial charge >= 0.3 is 0 Å². The van der Waals surface area contributed by atoms with E-state index in [1.807, 2.05) is 54.9 Å². The molecule has 2 aromatic heterocycles. The topological polar surface area (TPSA) is 64.0 Å². The first kappa shape index (κ1) is 25.2. The lowest BCUT2D eigenvalue weighted by Crippen LogP contribution is -2.39. The maximum Gasteiger partial charge on any atom is 0.259 e. The number of ether oxygens (including phenoxy) is 2. The second-order valence-electron chi connectivity index (χ2n) is 8.97. The maximum atomic E-state index is 13.6. The summed E-state index contributed by atoms with van der Waals surface area (Å²) in [6.07, 6.45) is 0. The van der Waals surface area contributed by atoms with Gasteiger partial charge in [-0.1, -0.05) is 17.7 Å². The van der Waals surface area contributed by atoms with Crippen molar-refractivity contribution in [1.82, 2.24) is 14.4 Å². The predicted octanol–water partition coefficient (Wildman–Crippen LogP) is 3.71. The number of aryl methyl sites for hydroxylation is 2. The molecule has 0 unspecified atom stereocenters. The number of amides is 1. The number of hydrogen-bond acceptors (Lipinski definition) is 6. The van der Waals surface area contributed by atoms with Crippen LogP contribution in [-0.2, 0) is 24.4 Å². The summed E-state index contributed by atoms with van der Waals surface area (Å²) in [7, 11) is 1.74. The smallest absolute Gasteiger partial charge is 0.259 e. The largest absolute Gasteiger partial charge is 0.487 e. The van der Waals surface area contributed by atoms with Gasteiger partial charge in [-0.05, 0) is 48.4 Å². The molecule has 0 bridgehead atoms. The van der Waals surface area contributed by atoms with Crippen molar-refractivity contribution in [3.63, 3.8) is 0 Å². The highest BCUT2D eigenvalue weighted by atomic mass is 32.1. The summed E-state index contributed by atoms with van der Waals surface area (Å²) < 4.78 is 13.6. The highest BCUT2D eigenvalue weighted by molar-refractivity contribution is 7.07. The van der Waals surface area contributed by atoms with Crippen LogP contribution in [0.25, 0.3) is 0 Å². The number of thiophene rings is 1. The van der Waals surface area contributed by atoms with Crippen LogP contribution in [0.15, 0.2) is 52.0 Å². The Hall–Kier alpha value is -2.94. The number of pyridine rings is 1. The van der Waals surface area contributed by atoms with Gasteiger partial charge in [0.25, 0.3) is 5.91 Å². The number of nitrogens with zero attached hydrogens (tertiary/aromatic N) is 3. The van der Waals surface area contributed by atoms with Crippen LogP contribution >= 0.6 is 11.3 Å². The molecular formula is C27H33N3O4S. The molecular weight excluding hydrogens is 462 g/mol. The molecule has 0 atom stereocenters. The molecule has 0 aliphatic carbocycles. The predicted molar refractivity (Wildman–Crippen MR) is 138 cm³/mol. The minimum atomic E-state index is -0.288. The number of hydrogen-bond donors (Lipinski definition) is 0. The minimum Gasteiger partial charge on any atom is -0.487 e. The molecule has 3 aromatic rings. The molecule has 0 saturated carbocycles. The third-order valence-corrected chi connectivity index (χ3v) is 7.06. The van der Waals surface area contributed by atoms with Crippen molar-refractivity contribution in [3.8, 4) is 5.75 Å².